The summed E-state index contributed by atoms with van der Waals surface area (Å²) in [7, 11) is 0. The van der Waals surface area contributed by atoms with Crippen LogP contribution in [0, 0.1) is 0 Å². The summed E-state index contributed by atoms with van der Waals surface area (Å²) in [5.74, 6) is -0.478. The number of rotatable bonds is 6. The van der Waals surface area contributed by atoms with Gasteiger partial charge in [-0.15, -0.1) is 0 Å². The van der Waals surface area contributed by atoms with Gasteiger partial charge in [0.25, 0.3) is 0 Å². The summed E-state index contributed by atoms with van der Waals surface area (Å²) < 4.78 is 5.19. The third kappa shape index (κ3) is 6.51. The first kappa shape index (κ1) is 20.6. The molecule has 2 atom stereocenters. The summed E-state index contributed by atoms with van der Waals surface area (Å²) in [5.41, 5.74) is 7.05. The highest BCUT2D eigenvalue weighted by Crippen LogP contribution is 2.21. The smallest absolute Gasteiger partial charge is 0.412 e. The van der Waals surface area contributed by atoms with Crippen molar-refractivity contribution in [3.8, 4) is 0 Å². The Morgan fingerprint density at radius 1 is 1.11 bits per heavy atom. The lowest BCUT2D eigenvalue weighted by Crippen LogP contribution is -2.36. The Bertz CT molecular complexity index is 784. The van der Waals surface area contributed by atoms with Gasteiger partial charge in [-0.2, -0.15) is 0 Å². The van der Waals surface area contributed by atoms with Crippen molar-refractivity contribution in [3.63, 3.8) is 0 Å². The van der Waals surface area contributed by atoms with E-state index in [1.54, 1.807) is 39.0 Å². The summed E-state index contributed by atoms with van der Waals surface area (Å²) in [5, 5.41) is 13.0. The van der Waals surface area contributed by atoms with E-state index in [0.29, 0.717) is 17.7 Å². The predicted octanol–water partition coefficient (Wildman–Crippen LogP) is 3.21. The number of ether oxygens (including phenoxy) is 1. The third-order valence-electron chi connectivity index (χ3n) is 3.78. The first-order valence-electron chi connectivity index (χ1n) is 8.77. The number of aliphatic hydroxyl groups excluding tert-OH is 1. The molecule has 2 aromatic rings. The molecular weight excluding hydrogens is 344 g/mol. The Kier molecular flexibility index (Phi) is 6.71. The number of nitrogens with two attached hydrogens (primary N) is 1. The van der Waals surface area contributed by atoms with Crippen LogP contribution in [0.4, 0.5) is 10.5 Å². The van der Waals surface area contributed by atoms with Gasteiger partial charge in [-0.25, -0.2) is 4.79 Å². The average Bonchev–Trinajstić information content (AvgIpc) is 2.59. The molecule has 0 spiro atoms. The molecule has 0 fully saturated rings. The number of anilines is 1. The molecule has 0 aromatic heterocycles. The molecule has 0 bridgehead atoms. The Morgan fingerprint density at radius 3 is 2.41 bits per heavy atom. The van der Waals surface area contributed by atoms with Crippen LogP contribution in [0.15, 0.2) is 54.6 Å². The number of carbonyl (C=O) groups is 2. The molecule has 0 heterocycles. The summed E-state index contributed by atoms with van der Waals surface area (Å²) in [4.78, 5) is 24.4. The number of benzene rings is 2. The molecule has 0 aliphatic carbocycles. The van der Waals surface area contributed by atoms with Crippen LogP contribution < -0.4 is 11.1 Å². The van der Waals surface area contributed by atoms with E-state index >= 15 is 0 Å². The number of carbonyl (C=O) groups excluding carboxylic acids is 2. The van der Waals surface area contributed by atoms with Gasteiger partial charge < -0.3 is 15.6 Å². The van der Waals surface area contributed by atoms with E-state index in [-0.39, 0.29) is 0 Å². The van der Waals surface area contributed by atoms with Crippen molar-refractivity contribution >= 4 is 17.6 Å². The van der Waals surface area contributed by atoms with Crippen molar-refractivity contribution in [2.45, 2.75) is 44.9 Å². The molecule has 2 aromatic carbocycles. The normalized spacial score (nSPS) is 13.5. The maximum absolute atomic E-state index is 12.5. The molecular formula is C21H26N2O4. The highest BCUT2D eigenvalue weighted by atomic mass is 16.6. The van der Waals surface area contributed by atoms with Crippen molar-refractivity contribution in [2.24, 2.45) is 5.73 Å². The van der Waals surface area contributed by atoms with Crippen LogP contribution >= 0.6 is 0 Å². The maximum atomic E-state index is 12.5. The zero-order chi connectivity index (χ0) is 20.0. The lowest BCUT2D eigenvalue weighted by Gasteiger charge is -2.20. The predicted molar refractivity (Wildman–Crippen MR) is 104 cm³/mol. The summed E-state index contributed by atoms with van der Waals surface area (Å²) >= 11 is 0. The van der Waals surface area contributed by atoms with E-state index in [2.05, 4.69) is 5.32 Å². The van der Waals surface area contributed by atoms with Gasteiger partial charge >= 0.3 is 6.09 Å². The van der Waals surface area contributed by atoms with E-state index < -0.39 is 29.6 Å². The van der Waals surface area contributed by atoms with Crippen LogP contribution in [0.2, 0.25) is 0 Å². The van der Waals surface area contributed by atoms with E-state index in [4.69, 9.17) is 10.5 Å². The zero-order valence-electron chi connectivity index (χ0n) is 15.8. The van der Waals surface area contributed by atoms with Gasteiger partial charge in [0.1, 0.15) is 11.7 Å². The number of ketones is 1. The molecule has 0 aliphatic rings. The number of amides is 1. The molecule has 27 heavy (non-hydrogen) atoms. The van der Waals surface area contributed by atoms with E-state index in [1.807, 2.05) is 30.3 Å². The van der Waals surface area contributed by atoms with Crippen molar-refractivity contribution < 1.29 is 19.4 Å². The first-order valence-corrected chi connectivity index (χ1v) is 8.77. The van der Waals surface area contributed by atoms with Crippen LogP contribution in [0.25, 0.3) is 0 Å². The molecule has 2 unspecified atom stereocenters. The molecule has 4 N–H and O–H groups in total. The van der Waals surface area contributed by atoms with E-state index in [0.717, 1.165) is 5.56 Å². The molecule has 0 aliphatic heterocycles. The second kappa shape index (κ2) is 8.79. The molecule has 144 valence electrons. The van der Waals surface area contributed by atoms with Crippen molar-refractivity contribution in [2.75, 3.05) is 5.32 Å². The maximum Gasteiger partial charge on any atom is 0.412 e. The van der Waals surface area contributed by atoms with E-state index in [1.165, 1.54) is 6.07 Å². The van der Waals surface area contributed by atoms with Gasteiger partial charge in [-0.05, 0) is 50.5 Å². The fourth-order valence-corrected chi connectivity index (χ4v) is 2.54. The molecule has 1 amide bonds. The fourth-order valence-electron chi connectivity index (χ4n) is 2.54. The van der Waals surface area contributed by atoms with Gasteiger partial charge in [0.15, 0.2) is 5.78 Å². The molecule has 0 saturated carbocycles. The molecule has 6 heteroatoms. The third-order valence-corrected chi connectivity index (χ3v) is 3.78. The fraction of sp³-hybridized carbons (Fsp3) is 0.333. The van der Waals surface area contributed by atoms with E-state index in [9.17, 15) is 14.7 Å². The van der Waals surface area contributed by atoms with Crippen LogP contribution in [0.5, 0.6) is 0 Å². The molecule has 0 radical (unpaired) electrons. The van der Waals surface area contributed by atoms with Gasteiger partial charge in [0, 0.05) is 5.69 Å². The van der Waals surface area contributed by atoms with Gasteiger partial charge in [-0.1, -0.05) is 42.5 Å². The largest absolute Gasteiger partial charge is 0.444 e. The zero-order valence-corrected chi connectivity index (χ0v) is 15.8. The highest BCUT2D eigenvalue weighted by molar-refractivity contribution is 5.90. The summed E-state index contributed by atoms with van der Waals surface area (Å²) in [6, 6.07) is 15.0. The minimum atomic E-state index is -1.37. The van der Waals surface area contributed by atoms with Crippen LogP contribution in [-0.2, 0) is 16.0 Å². The number of Topliss-reactive ketones (excluding diaryl/α,β-unsaturated/α-hetero) is 1. The summed E-state index contributed by atoms with van der Waals surface area (Å²) in [6.07, 6.45) is -1.64. The number of hydrogen-bond acceptors (Lipinski definition) is 5. The molecule has 0 saturated heterocycles. The van der Waals surface area contributed by atoms with Crippen molar-refractivity contribution in [3.05, 3.63) is 65.7 Å². The van der Waals surface area contributed by atoms with Gasteiger partial charge in [0.05, 0.1) is 6.04 Å². The number of aliphatic hydroxyl groups is 1. The first-order chi connectivity index (χ1) is 12.7. The summed E-state index contributed by atoms with van der Waals surface area (Å²) in [6.45, 7) is 5.29. The van der Waals surface area contributed by atoms with Crippen LogP contribution in [0.1, 0.15) is 38.0 Å². The SMILES string of the molecule is CC(C)(C)OC(=O)Nc1cccc(C(O)C(=O)C(N)Cc2ccccc2)c1. The highest BCUT2D eigenvalue weighted by Gasteiger charge is 2.24. The Morgan fingerprint density at radius 2 is 1.78 bits per heavy atom. The quantitative estimate of drug-likeness (QED) is 0.725. The lowest BCUT2D eigenvalue weighted by atomic mass is 9.96. The Balaban J connectivity index is 2.04. The van der Waals surface area contributed by atoms with Crippen molar-refractivity contribution in [1.82, 2.24) is 0 Å². The Labute approximate surface area is 159 Å². The monoisotopic (exact) mass is 370 g/mol. The lowest BCUT2D eigenvalue weighted by molar-refractivity contribution is -0.128. The molecule has 2 rings (SSSR count). The second-order valence-corrected chi connectivity index (χ2v) is 7.35. The second-order valence-electron chi connectivity index (χ2n) is 7.35. The molecule has 6 nitrogen and oxygen atoms in total. The number of hydrogen-bond donors (Lipinski definition) is 3. The Hall–Kier alpha value is -2.70. The minimum Gasteiger partial charge on any atom is -0.444 e. The number of nitrogens with one attached hydrogen (secondary N) is 1. The topological polar surface area (TPSA) is 102 Å². The van der Waals surface area contributed by atoms with Crippen LogP contribution in [0.3, 0.4) is 0 Å². The minimum absolute atomic E-state index is 0.340. The van der Waals surface area contributed by atoms with Gasteiger partial charge in [0.2, 0.25) is 0 Å². The standard InChI is InChI=1S/C21H26N2O4/c1-21(2,3)27-20(26)23-16-11-7-10-15(13-16)18(24)19(25)17(22)12-14-8-5-4-6-9-14/h4-11,13,17-18,24H,12,22H2,1-3H3,(H,23,26). The van der Waals surface area contributed by atoms with Crippen LogP contribution in [-0.4, -0.2) is 28.6 Å². The van der Waals surface area contributed by atoms with Crippen molar-refractivity contribution in [1.29, 1.82) is 0 Å². The van der Waals surface area contributed by atoms with Gasteiger partial charge in [-0.3, -0.25) is 10.1 Å². The average molecular weight is 370 g/mol.